The van der Waals surface area contributed by atoms with Crippen LogP contribution in [0.2, 0.25) is 0 Å². The van der Waals surface area contributed by atoms with E-state index in [0.29, 0.717) is 13.0 Å². The number of anilines is 1. The summed E-state index contributed by atoms with van der Waals surface area (Å²) in [5.41, 5.74) is 2.93. The summed E-state index contributed by atoms with van der Waals surface area (Å²) in [4.78, 5) is 22.9. The van der Waals surface area contributed by atoms with Gasteiger partial charge in [-0.3, -0.25) is 9.48 Å². The lowest BCUT2D eigenvalue weighted by atomic mass is 10.1. The zero-order chi connectivity index (χ0) is 18.7. The summed E-state index contributed by atoms with van der Waals surface area (Å²) < 4.78 is 7.34. The van der Waals surface area contributed by atoms with Gasteiger partial charge in [0.05, 0.1) is 24.3 Å². The number of aryl methyl sites for hydroxylation is 2. The maximum atomic E-state index is 12.5. The van der Waals surface area contributed by atoms with Crippen molar-refractivity contribution in [2.75, 3.05) is 25.1 Å². The fourth-order valence-electron chi connectivity index (χ4n) is 3.50. The molecule has 0 bridgehead atoms. The second kappa shape index (κ2) is 7.82. The molecule has 1 aliphatic heterocycles. The Bertz CT molecular complexity index is 761. The van der Waals surface area contributed by atoms with Crippen molar-refractivity contribution in [3.05, 3.63) is 35.5 Å². The Morgan fingerprint density at radius 1 is 1.42 bits per heavy atom. The minimum atomic E-state index is 0.00713. The monoisotopic (exact) mass is 358 g/mol. The molecule has 8 nitrogen and oxygen atoms in total. The Hall–Kier alpha value is -2.48. The SMILES string of the molecule is CO[C@@H]1C[C@H](CNC(=O)Cc2c(C)nn(C)c2C)N(c2ccncn2)C1. The zero-order valence-electron chi connectivity index (χ0n) is 15.8. The summed E-state index contributed by atoms with van der Waals surface area (Å²) in [5.74, 6) is 0.866. The quantitative estimate of drug-likeness (QED) is 0.821. The molecule has 3 heterocycles. The minimum absolute atomic E-state index is 0.00713. The maximum Gasteiger partial charge on any atom is 0.224 e. The van der Waals surface area contributed by atoms with Crippen molar-refractivity contribution in [2.45, 2.75) is 38.8 Å². The molecule has 0 saturated carbocycles. The molecular weight excluding hydrogens is 332 g/mol. The first-order valence-electron chi connectivity index (χ1n) is 8.80. The molecule has 2 atom stereocenters. The molecule has 3 rings (SSSR count). The molecule has 8 heteroatoms. The second-order valence-electron chi connectivity index (χ2n) is 6.72. The highest BCUT2D eigenvalue weighted by atomic mass is 16.5. The first-order chi connectivity index (χ1) is 12.5. The number of methoxy groups -OCH3 is 1. The molecule has 2 aromatic rings. The lowest BCUT2D eigenvalue weighted by molar-refractivity contribution is -0.120. The number of nitrogens with one attached hydrogen (secondary N) is 1. The van der Waals surface area contributed by atoms with Crippen molar-refractivity contribution in [2.24, 2.45) is 7.05 Å². The van der Waals surface area contributed by atoms with Crippen molar-refractivity contribution in [3.63, 3.8) is 0 Å². The number of rotatable bonds is 6. The van der Waals surface area contributed by atoms with Crippen LogP contribution < -0.4 is 10.2 Å². The van der Waals surface area contributed by atoms with Gasteiger partial charge in [0.2, 0.25) is 5.91 Å². The van der Waals surface area contributed by atoms with E-state index in [9.17, 15) is 4.79 Å². The standard InChI is InChI=1S/C18H26N6O2/c1-12-16(13(2)23(3)22-12)8-18(25)20-9-14-7-15(26-4)10-24(14)17-5-6-19-11-21-17/h5-6,11,14-15H,7-10H2,1-4H3,(H,20,25)/t14-,15-/m1/s1. The predicted octanol–water partition coefficient (Wildman–Crippen LogP) is 0.780. The summed E-state index contributed by atoms with van der Waals surface area (Å²) in [6.07, 6.45) is 4.60. The van der Waals surface area contributed by atoms with Gasteiger partial charge < -0.3 is 15.0 Å². The van der Waals surface area contributed by atoms with Gasteiger partial charge in [-0.25, -0.2) is 9.97 Å². The van der Waals surface area contributed by atoms with E-state index >= 15 is 0 Å². The summed E-state index contributed by atoms with van der Waals surface area (Å²) in [6.45, 7) is 5.24. The van der Waals surface area contributed by atoms with Gasteiger partial charge in [0.1, 0.15) is 12.1 Å². The molecule has 26 heavy (non-hydrogen) atoms. The molecule has 0 radical (unpaired) electrons. The molecule has 1 saturated heterocycles. The molecular formula is C18H26N6O2. The number of hydrogen-bond acceptors (Lipinski definition) is 6. The molecule has 1 fully saturated rings. The van der Waals surface area contributed by atoms with Crippen LogP contribution in [0.25, 0.3) is 0 Å². The zero-order valence-corrected chi connectivity index (χ0v) is 15.8. The average Bonchev–Trinajstić information content (AvgIpc) is 3.17. The van der Waals surface area contributed by atoms with E-state index in [1.54, 1.807) is 19.6 Å². The van der Waals surface area contributed by atoms with E-state index < -0.39 is 0 Å². The third kappa shape index (κ3) is 3.85. The third-order valence-corrected chi connectivity index (χ3v) is 5.10. The highest BCUT2D eigenvalue weighted by Crippen LogP contribution is 2.24. The fraction of sp³-hybridized carbons (Fsp3) is 0.556. The molecule has 2 aromatic heterocycles. The van der Waals surface area contributed by atoms with Crippen molar-refractivity contribution in [3.8, 4) is 0 Å². The molecule has 1 amide bonds. The van der Waals surface area contributed by atoms with E-state index in [4.69, 9.17) is 4.74 Å². The van der Waals surface area contributed by atoms with Crippen LogP contribution in [0.5, 0.6) is 0 Å². The second-order valence-corrected chi connectivity index (χ2v) is 6.72. The summed E-state index contributed by atoms with van der Waals surface area (Å²) in [5, 5.41) is 7.44. The van der Waals surface area contributed by atoms with Crippen molar-refractivity contribution in [1.82, 2.24) is 25.1 Å². The van der Waals surface area contributed by atoms with Crippen molar-refractivity contribution < 1.29 is 9.53 Å². The summed E-state index contributed by atoms with van der Waals surface area (Å²) in [7, 11) is 3.62. The Morgan fingerprint density at radius 3 is 2.85 bits per heavy atom. The van der Waals surface area contributed by atoms with Gasteiger partial charge in [-0.05, 0) is 26.3 Å². The average molecular weight is 358 g/mol. The molecule has 0 aromatic carbocycles. The van der Waals surface area contributed by atoms with Crippen LogP contribution in [0.15, 0.2) is 18.6 Å². The van der Waals surface area contributed by atoms with Gasteiger partial charge in [0.25, 0.3) is 0 Å². The number of nitrogens with zero attached hydrogens (tertiary/aromatic N) is 5. The smallest absolute Gasteiger partial charge is 0.224 e. The van der Waals surface area contributed by atoms with Gasteiger partial charge in [0.15, 0.2) is 0 Å². The number of ether oxygens (including phenoxy) is 1. The molecule has 0 aliphatic carbocycles. The Morgan fingerprint density at radius 2 is 2.23 bits per heavy atom. The highest BCUT2D eigenvalue weighted by Gasteiger charge is 2.33. The number of aromatic nitrogens is 4. The molecule has 0 unspecified atom stereocenters. The Kier molecular flexibility index (Phi) is 5.51. The van der Waals surface area contributed by atoms with Crippen molar-refractivity contribution in [1.29, 1.82) is 0 Å². The molecule has 140 valence electrons. The largest absolute Gasteiger partial charge is 0.380 e. The highest BCUT2D eigenvalue weighted by molar-refractivity contribution is 5.79. The molecule has 1 aliphatic rings. The Labute approximate surface area is 153 Å². The van der Waals surface area contributed by atoms with E-state index in [0.717, 1.165) is 35.7 Å². The van der Waals surface area contributed by atoms with Gasteiger partial charge in [-0.1, -0.05) is 0 Å². The lowest BCUT2D eigenvalue weighted by Crippen LogP contribution is -2.41. The van der Waals surface area contributed by atoms with Gasteiger partial charge in [-0.15, -0.1) is 0 Å². The van der Waals surface area contributed by atoms with E-state index in [1.807, 2.05) is 31.6 Å². The van der Waals surface area contributed by atoms with Crippen LogP contribution in [-0.4, -0.2) is 58.0 Å². The van der Waals surface area contributed by atoms with Crippen LogP contribution in [0.3, 0.4) is 0 Å². The van der Waals surface area contributed by atoms with Gasteiger partial charge in [0, 0.05) is 44.7 Å². The van der Waals surface area contributed by atoms with Gasteiger partial charge >= 0.3 is 0 Å². The first-order valence-corrected chi connectivity index (χ1v) is 8.80. The van der Waals surface area contributed by atoms with Crippen LogP contribution in [-0.2, 0) is 23.0 Å². The Balaban J connectivity index is 1.62. The van der Waals surface area contributed by atoms with E-state index in [-0.39, 0.29) is 18.1 Å². The number of hydrogen-bond donors (Lipinski definition) is 1. The van der Waals surface area contributed by atoms with Crippen molar-refractivity contribution >= 4 is 11.7 Å². The van der Waals surface area contributed by atoms with Crippen LogP contribution in [0.4, 0.5) is 5.82 Å². The summed E-state index contributed by atoms with van der Waals surface area (Å²) >= 11 is 0. The fourth-order valence-corrected chi connectivity index (χ4v) is 3.50. The molecule has 0 spiro atoms. The number of carbonyl (C=O) groups excluding carboxylic acids is 1. The minimum Gasteiger partial charge on any atom is -0.380 e. The third-order valence-electron chi connectivity index (χ3n) is 5.10. The topological polar surface area (TPSA) is 85.2 Å². The normalized spacial score (nSPS) is 19.8. The lowest BCUT2D eigenvalue weighted by Gasteiger charge is -2.25. The van der Waals surface area contributed by atoms with E-state index in [2.05, 4.69) is 25.3 Å². The van der Waals surface area contributed by atoms with Crippen LogP contribution >= 0.6 is 0 Å². The van der Waals surface area contributed by atoms with Crippen LogP contribution in [0, 0.1) is 13.8 Å². The van der Waals surface area contributed by atoms with E-state index in [1.165, 1.54) is 0 Å². The first kappa shape index (κ1) is 18.3. The van der Waals surface area contributed by atoms with Gasteiger partial charge in [-0.2, -0.15) is 5.10 Å². The van der Waals surface area contributed by atoms with Crippen LogP contribution in [0.1, 0.15) is 23.4 Å². The number of carbonyl (C=O) groups is 1. The summed E-state index contributed by atoms with van der Waals surface area (Å²) in [6, 6.07) is 2.03. The predicted molar refractivity (Wildman–Crippen MR) is 98.0 cm³/mol. The number of amides is 1. The molecule has 1 N–H and O–H groups in total. The maximum absolute atomic E-state index is 12.5.